The zero-order valence-electron chi connectivity index (χ0n) is 15.6. The van der Waals surface area contributed by atoms with Gasteiger partial charge in [0.2, 0.25) is 0 Å². The third-order valence-electron chi connectivity index (χ3n) is 4.86. The minimum Gasteiger partial charge on any atom is -0.368 e. The fourth-order valence-electron chi connectivity index (χ4n) is 3.31. The third-order valence-corrected chi connectivity index (χ3v) is 4.86. The smallest absolute Gasteiger partial charge is 0.368 e. The Bertz CT molecular complexity index is 937. The van der Waals surface area contributed by atoms with E-state index < -0.39 is 11.7 Å². The van der Waals surface area contributed by atoms with Crippen LogP contribution < -0.4 is 15.1 Å². The number of aromatic nitrogens is 2. The van der Waals surface area contributed by atoms with Crippen molar-refractivity contribution >= 4 is 23.0 Å². The molecule has 150 valence electrons. The van der Waals surface area contributed by atoms with Crippen LogP contribution in [-0.2, 0) is 6.18 Å². The van der Waals surface area contributed by atoms with Crippen LogP contribution in [0.2, 0.25) is 0 Å². The van der Waals surface area contributed by atoms with Gasteiger partial charge in [-0.3, -0.25) is 0 Å². The number of rotatable bonds is 4. The second-order valence-electron chi connectivity index (χ2n) is 6.77. The molecule has 0 bridgehead atoms. The van der Waals surface area contributed by atoms with E-state index in [1.165, 1.54) is 24.1 Å². The molecule has 1 saturated heterocycles. The molecule has 1 fully saturated rings. The minimum absolute atomic E-state index is 0.538. The highest BCUT2D eigenvalue weighted by atomic mass is 19.4. The molecule has 0 spiro atoms. The fraction of sp³-hybridized carbons (Fsp3) is 0.238. The van der Waals surface area contributed by atoms with Crippen LogP contribution in [0, 0.1) is 0 Å². The summed E-state index contributed by atoms with van der Waals surface area (Å²) in [6.45, 7) is 3.42. The number of halogens is 3. The average Bonchev–Trinajstić information content (AvgIpc) is 2.74. The summed E-state index contributed by atoms with van der Waals surface area (Å²) in [5.41, 5.74) is 1.07. The quantitative estimate of drug-likeness (QED) is 0.697. The maximum absolute atomic E-state index is 12.7. The van der Waals surface area contributed by atoms with E-state index in [9.17, 15) is 13.2 Å². The summed E-state index contributed by atoms with van der Waals surface area (Å²) in [5.74, 6) is 1.34. The first-order valence-corrected chi connectivity index (χ1v) is 9.30. The maximum Gasteiger partial charge on any atom is 0.416 e. The lowest BCUT2D eigenvalue weighted by Crippen LogP contribution is -2.46. The van der Waals surface area contributed by atoms with Crippen molar-refractivity contribution in [2.75, 3.05) is 41.3 Å². The average molecular weight is 399 g/mol. The lowest BCUT2D eigenvalue weighted by molar-refractivity contribution is -0.137. The summed E-state index contributed by atoms with van der Waals surface area (Å²) in [6, 6.07) is 17.0. The maximum atomic E-state index is 12.7. The summed E-state index contributed by atoms with van der Waals surface area (Å²) >= 11 is 0. The van der Waals surface area contributed by atoms with Crippen molar-refractivity contribution in [3.63, 3.8) is 0 Å². The molecule has 0 radical (unpaired) electrons. The van der Waals surface area contributed by atoms with E-state index >= 15 is 0 Å². The highest BCUT2D eigenvalue weighted by Gasteiger charge is 2.30. The minimum atomic E-state index is -4.34. The van der Waals surface area contributed by atoms with Crippen LogP contribution in [-0.4, -0.2) is 36.1 Å². The van der Waals surface area contributed by atoms with Gasteiger partial charge < -0.3 is 15.1 Å². The normalized spacial score (nSPS) is 14.7. The Kier molecular flexibility index (Phi) is 5.24. The van der Waals surface area contributed by atoms with Crippen LogP contribution in [0.1, 0.15) is 5.56 Å². The van der Waals surface area contributed by atoms with Crippen LogP contribution in [0.3, 0.4) is 0 Å². The van der Waals surface area contributed by atoms with Crippen LogP contribution in [0.4, 0.5) is 36.2 Å². The summed E-state index contributed by atoms with van der Waals surface area (Å²) < 4.78 is 38.1. The summed E-state index contributed by atoms with van der Waals surface area (Å²) in [5, 5.41) is 3.04. The largest absolute Gasteiger partial charge is 0.416 e. The van der Waals surface area contributed by atoms with Crippen LogP contribution in [0.15, 0.2) is 67.0 Å². The Morgan fingerprint density at radius 3 is 2.10 bits per heavy atom. The Morgan fingerprint density at radius 2 is 1.45 bits per heavy atom. The molecule has 3 aromatic rings. The predicted octanol–water partition coefficient (Wildman–Crippen LogP) is 4.57. The Labute approximate surface area is 166 Å². The molecule has 5 nitrogen and oxygen atoms in total. The number of piperazine rings is 1. The topological polar surface area (TPSA) is 44.3 Å². The van der Waals surface area contributed by atoms with Gasteiger partial charge in [0.15, 0.2) is 0 Å². The number of benzene rings is 2. The number of alkyl halides is 3. The number of hydrogen-bond donors (Lipinski definition) is 1. The van der Waals surface area contributed by atoms with Gasteiger partial charge in [-0.15, -0.1) is 0 Å². The number of anilines is 4. The molecule has 29 heavy (non-hydrogen) atoms. The van der Waals surface area contributed by atoms with E-state index in [0.29, 0.717) is 11.5 Å². The number of para-hydroxylation sites is 1. The molecule has 2 heterocycles. The lowest BCUT2D eigenvalue weighted by atomic mass is 10.2. The van der Waals surface area contributed by atoms with Gasteiger partial charge in [0, 0.05) is 43.6 Å². The van der Waals surface area contributed by atoms with E-state index in [1.807, 2.05) is 24.3 Å². The Morgan fingerprint density at radius 1 is 0.793 bits per heavy atom. The molecule has 8 heteroatoms. The molecule has 0 amide bonds. The summed E-state index contributed by atoms with van der Waals surface area (Å²) in [6.07, 6.45) is -2.88. The van der Waals surface area contributed by atoms with Crippen molar-refractivity contribution in [2.45, 2.75) is 6.18 Å². The second-order valence-corrected chi connectivity index (χ2v) is 6.77. The Balaban J connectivity index is 1.40. The molecule has 0 aliphatic carbocycles. The van der Waals surface area contributed by atoms with Crippen molar-refractivity contribution in [1.82, 2.24) is 9.97 Å². The predicted molar refractivity (Wildman–Crippen MR) is 108 cm³/mol. The van der Waals surface area contributed by atoms with Crippen LogP contribution in [0.25, 0.3) is 0 Å². The summed E-state index contributed by atoms with van der Waals surface area (Å²) in [7, 11) is 0. The fourth-order valence-corrected chi connectivity index (χ4v) is 3.31. The van der Waals surface area contributed by atoms with Crippen molar-refractivity contribution in [2.24, 2.45) is 0 Å². The van der Waals surface area contributed by atoms with Crippen LogP contribution in [0.5, 0.6) is 0 Å². The molecule has 1 aromatic heterocycles. The van der Waals surface area contributed by atoms with Gasteiger partial charge in [-0.05, 0) is 36.4 Å². The van der Waals surface area contributed by atoms with E-state index in [4.69, 9.17) is 0 Å². The molecule has 0 atom stereocenters. The standard InChI is InChI=1S/C21H20F3N5/c22-21(23,24)16-6-8-17(9-7-16)27-19-14-20(26-15-25-19)29-12-10-28(11-13-29)18-4-2-1-3-5-18/h1-9,14-15H,10-13H2,(H,25,26,27). The van der Waals surface area contributed by atoms with E-state index in [-0.39, 0.29) is 0 Å². The van der Waals surface area contributed by atoms with Gasteiger partial charge in [-0.1, -0.05) is 18.2 Å². The van der Waals surface area contributed by atoms with Gasteiger partial charge in [0.05, 0.1) is 5.56 Å². The first-order chi connectivity index (χ1) is 14.0. The number of nitrogens with one attached hydrogen (secondary N) is 1. The molecular formula is C21H20F3N5. The summed E-state index contributed by atoms with van der Waals surface area (Å²) in [4.78, 5) is 13.1. The molecule has 4 rings (SSSR count). The Hall–Kier alpha value is -3.29. The number of nitrogens with zero attached hydrogens (tertiary/aromatic N) is 4. The van der Waals surface area contributed by atoms with Crippen LogP contribution >= 0.6 is 0 Å². The van der Waals surface area contributed by atoms with Crippen molar-refractivity contribution in [1.29, 1.82) is 0 Å². The zero-order valence-corrected chi connectivity index (χ0v) is 15.6. The molecule has 0 saturated carbocycles. The van der Waals surface area contributed by atoms with Crippen molar-refractivity contribution < 1.29 is 13.2 Å². The van der Waals surface area contributed by atoms with Gasteiger partial charge in [0.1, 0.15) is 18.0 Å². The molecular weight excluding hydrogens is 379 g/mol. The molecule has 2 aromatic carbocycles. The molecule has 1 aliphatic rings. The SMILES string of the molecule is FC(F)(F)c1ccc(Nc2cc(N3CCN(c4ccccc4)CC3)ncn2)cc1. The highest BCUT2D eigenvalue weighted by Crippen LogP contribution is 2.30. The van der Waals surface area contributed by atoms with Gasteiger partial charge in [-0.25, -0.2) is 9.97 Å². The van der Waals surface area contributed by atoms with E-state index in [0.717, 1.165) is 44.1 Å². The molecule has 1 N–H and O–H groups in total. The van der Waals surface area contributed by atoms with Gasteiger partial charge in [0.25, 0.3) is 0 Å². The monoisotopic (exact) mass is 399 g/mol. The zero-order chi connectivity index (χ0) is 20.3. The van der Waals surface area contributed by atoms with E-state index in [2.05, 4.69) is 37.2 Å². The highest BCUT2D eigenvalue weighted by molar-refractivity contribution is 5.60. The first-order valence-electron chi connectivity index (χ1n) is 9.30. The van der Waals surface area contributed by atoms with Gasteiger partial charge >= 0.3 is 6.18 Å². The van der Waals surface area contributed by atoms with E-state index in [1.54, 1.807) is 0 Å². The van der Waals surface area contributed by atoms with Gasteiger partial charge in [-0.2, -0.15) is 13.2 Å². The molecule has 1 aliphatic heterocycles. The third kappa shape index (κ3) is 4.59. The molecule has 0 unspecified atom stereocenters. The second kappa shape index (κ2) is 7.98. The lowest BCUT2D eigenvalue weighted by Gasteiger charge is -2.36. The van der Waals surface area contributed by atoms with Crippen molar-refractivity contribution in [3.05, 3.63) is 72.6 Å². The van der Waals surface area contributed by atoms with Crippen molar-refractivity contribution in [3.8, 4) is 0 Å². The first kappa shape index (κ1) is 19.0. The number of hydrogen-bond acceptors (Lipinski definition) is 5.